The number of imidazole rings is 1. The van der Waals surface area contributed by atoms with Crippen LogP contribution in [0.15, 0.2) is 11.0 Å². The molecule has 8 heteroatoms. The van der Waals surface area contributed by atoms with Crippen molar-refractivity contribution >= 4 is 17.1 Å². The van der Waals surface area contributed by atoms with E-state index in [1.165, 1.54) is 0 Å². The van der Waals surface area contributed by atoms with Gasteiger partial charge in [-0.3, -0.25) is 4.57 Å². The highest BCUT2D eigenvalue weighted by molar-refractivity contribution is 5.71. The number of aliphatic hydroxyl groups is 1. The minimum atomic E-state index is -0.433. The summed E-state index contributed by atoms with van der Waals surface area (Å²) in [6.45, 7) is 2.65. The Bertz CT molecular complexity index is 794. The fraction of sp³-hybridized carbons (Fsp3) is 0.667. The molecule has 1 saturated carbocycles. The van der Waals surface area contributed by atoms with E-state index in [1.54, 1.807) is 15.3 Å². The second-order valence-electron chi connectivity index (χ2n) is 6.69. The molecule has 0 radical (unpaired) electrons. The van der Waals surface area contributed by atoms with E-state index >= 15 is 0 Å². The lowest BCUT2D eigenvalue weighted by Crippen LogP contribution is -2.30. The first kappa shape index (κ1) is 14.6. The average Bonchev–Trinajstić information content (AvgIpc) is 3.22. The predicted octanol–water partition coefficient (Wildman–Crippen LogP) is 0.501. The average molecular weight is 319 g/mol. The van der Waals surface area contributed by atoms with E-state index in [0.29, 0.717) is 30.0 Å². The zero-order valence-electron chi connectivity index (χ0n) is 13.1. The molecule has 3 heterocycles. The summed E-state index contributed by atoms with van der Waals surface area (Å²) in [5.41, 5.74) is 6.79. The van der Waals surface area contributed by atoms with Crippen molar-refractivity contribution in [1.29, 1.82) is 0 Å². The fourth-order valence-corrected chi connectivity index (χ4v) is 3.39. The summed E-state index contributed by atoms with van der Waals surface area (Å²) in [6, 6.07) is 0. The van der Waals surface area contributed by atoms with Crippen LogP contribution < -0.4 is 11.4 Å². The molecule has 124 valence electrons. The van der Waals surface area contributed by atoms with Crippen LogP contribution in [-0.4, -0.2) is 36.9 Å². The van der Waals surface area contributed by atoms with Gasteiger partial charge in [0.15, 0.2) is 5.65 Å². The third-order valence-electron chi connectivity index (χ3n) is 4.77. The fourth-order valence-electron chi connectivity index (χ4n) is 3.39. The van der Waals surface area contributed by atoms with Crippen molar-refractivity contribution in [3.63, 3.8) is 0 Å². The predicted molar refractivity (Wildman–Crippen MR) is 83.7 cm³/mol. The summed E-state index contributed by atoms with van der Waals surface area (Å²) < 4.78 is 9.18. The molecule has 1 saturated heterocycles. The third-order valence-corrected chi connectivity index (χ3v) is 4.77. The highest BCUT2D eigenvalue weighted by Gasteiger charge is 2.36. The molecular formula is C15H21N5O3. The van der Waals surface area contributed by atoms with Crippen molar-refractivity contribution in [2.24, 2.45) is 11.8 Å². The van der Waals surface area contributed by atoms with Crippen molar-refractivity contribution < 1.29 is 9.84 Å². The van der Waals surface area contributed by atoms with E-state index in [4.69, 9.17) is 10.5 Å². The van der Waals surface area contributed by atoms with Gasteiger partial charge in [0.25, 0.3) is 0 Å². The lowest BCUT2D eigenvalue weighted by Gasteiger charge is -2.16. The second kappa shape index (κ2) is 5.31. The van der Waals surface area contributed by atoms with Crippen molar-refractivity contribution in [2.45, 2.75) is 45.1 Å². The summed E-state index contributed by atoms with van der Waals surface area (Å²) in [5, 5.41) is 9.34. The van der Waals surface area contributed by atoms with Gasteiger partial charge in [0, 0.05) is 12.5 Å². The second-order valence-corrected chi connectivity index (χ2v) is 6.69. The standard InChI is InChI=1S/C15H21N5O3/c1-8-4-10(7-21)23-13(8)20-12-11(5-17-14(16)18-12)19(15(20)22)6-9-2-3-9/h5,8-10,13,21H,2-4,6-7H2,1H3,(H2,16,17,18)/t8-,10+,13-/m1/s1. The third kappa shape index (κ3) is 2.42. The Balaban J connectivity index is 1.86. The largest absolute Gasteiger partial charge is 0.394 e. The van der Waals surface area contributed by atoms with Crippen LogP contribution in [0.25, 0.3) is 11.2 Å². The molecule has 23 heavy (non-hydrogen) atoms. The minimum Gasteiger partial charge on any atom is -0.394 e. The quantitative estimate of drug-likeness (QED) is 0.849. The molecule has 2 aromatic rings. The van der Waals surface area contributed by atoms with Crippen molar-refractivity contribution in [3.05, 3.63) is 16.7 Å². The summed E-state index contributed by atoms with van der Waals surface area (Å²) in [4.78, 5) is 21.3. The van der Waals surface area contributed by atoms with E-state index < -0.39 is 6.23 Å². The van der Waals surface area contributed by atoms with Crippen LogP contribution in [0, 0.1) is 11.8 Å². The molecule has 0 bridgehead atoms. The monoisotopic (exact) mass is 319 g/mol. The molecule has 3 atom stereocenters. The van der Waals surface area contributed by atoms with Crippen molar-refractivity contribution in [1.82, 2.24) is 19.1 Å². The number of nitrogens with two attached hydrogens (primary N) is 1. The van der Waals surface area contributed by atoms with Gasteiger partial charge in [-0.15, -0.1) is 0 Å². The Morgan fingerprint density at radius 1 is 1.48 bits per heavy atom. The number of fused-ring (bicyclic) bond motifs is 1. The first-order valence-corrected chi connectivity index (χ1v) is 8.08. The number of rotatable bonds is 4. The molecule has 2 aromatic heterocycles. The number of aromatic nitrogens is 4. The molecule has 1 aliphatic heterocycles. The number of nitrogen functional groups attached to an aromatic ring is 1. The first-order valence-electron chi connectivity index (χ1n) is 8.08. The summed E-state index contributed by atoms with van der Waals surface area (Å²) in [7, 11) is 0. The van der Waals surface area contributed by atoms with Gasteiger partial charge in [-0.1, -0.05) is 6.92 Å². The molecule has 2 aliphatic rings. The van der Waals surface area contributed by atoms with Crippen LogP contribution in [0.4, 0.5) is 5.95 Å². The lowest BCUT2D eigenvalue weighted by atomic mass is 10.1. The van der Waals surface area contributed by atoms with Gasteiger partial charge in [0.2, 0.25) is 5.95 Å². The number of nitrogens with zero attached hydrogens (tertiary/aromatic N) is 4. The van der Waals surface area contributed by atoms with E-state index in [1.807, 2.05) is 6.92 Å². The molecule has 0 aromatic carbocycles. The molecule has 3 N–H and O–H groups in total. The molecule has 8 nitrogen and oxygen atoms in total. The molecule has 4 rings (SSSR count). The zero-order valence-corrected chi connectivity index (χ0v) is 13.1. The normalized spacial score (nSPS) is 27.8. The van der Waals surface area contributed by atoms with Crippen molar-refractivity contribution in [2.75, 3.05) is 12.3 Å². The molecule has 0 unspecified atom stereocenters. The number of anilines is 1. The minimum absolute atomic E-state index is 0.0482. The Kier molecular flexibility index (Phi) is 3.38. The van der Waals surface area contributed by atoms with E-state index in [-0.39, 0.29) is 30.3 Å². The number of hydrogen-bond acceptors (Lipinski definition) is 6. The smallest absolute Gasteiger partial charge is 0.332 e. The van der Waals surface area contributed by atoms with E-state index in [9.17, 15) is 9.90 Å². The van der Waals surface area contributed by atoms with Crippen LogP contribution in [0.5, 0.6) is 0 Å². The number of aliphatic hydroxyl groups excluding tert-OH is 1. The topological polar surface area (TPSA) is 108 Å². The summed E-state index contributed by atoms with van der Waals surface area (Å²) in [6.07, 6.45) is 3.94. The van der Waals surface area contributed by atoms with Crippen molar-refractivity contribution in [3.8, 4) is 0 Å². The number of ether oxygens (including phenoxy) is 1. The van der Waals surface area contributed by atoms with Crippen LogP contribution in [-0.2, 0) is 11.3 Å². The van der Waals surface area contributed by atoms with Gasteiger partial charge >= 0.3 is 5.69 Å². The van der Waals surface area contributed by atoms with Gasteiger partial charge < -0.3 is 15.6 Å². The Hall–Kier alpha value is -1.93. The maximum Gasteiger partial charge on any atom is 0.332 e. The van der Waals surface area contributed by atoms with Gasteiger partial charge in [-0.25, -0.2) is 14.3 Å². The van der Waals surface area contributed by atoms with Gasteiger partial charge in [-0.05, 0) is 25.2 Å². The van der Waals surface area contributed by atoms with E-state index in [2.05, 4.69) is 9.97 Å². The van der Waals surface area contributed by atoms with Gasteiger partial charge in [0.1, 0.15) is 11.7 Å². The molecule has 0 spiro atoms. The summed E-state index contributed by atoms with van der Waals surface area (Å²) >= 11 is 0. The first-order chi connectivity index (χ1) is 11.1. The molecular weight excluding hydrogens is 298 g/mol. The SMILES string of the molecule is C[C@@H]1C[C@@H](CO)O[C@H]1n1c(=O)n(CC2CC2)c2cnc(N)nc21. The van der Waals surface area contributed by atoms with E-state index in [0.717, 1.165) is 12.8 Å². The molecule has 0 amide bonds. The molecule has 1 aliphatic carbocycles. The van der Waals surface area contributed by atoms with Crippen LogP contribution in [0.1, 0.15) is 32.4 Å². The highest BCUT2D eigenvalue weighted by Crippen LogP contribution is 2.36. The zero-order chi connectivity index (χ0) is 16.1. The summed E-state index contributed by atoms with van der Waals surface area (Å²) in [5.74, 6) is 0.802. The Morgan fingerprint density at radius 3 is 2.91 bits per heavy atom. The van der Waals surface area contributed by atoms with Crippen LogP contribution in [0.2, 0.25) is 0 Å². The van der Waals surface area contributed by atoms with Crippen LogP contribution >= 0.6 is 0 Å². The highest BCUT2D eigenvalue weighted by atomic mass is 16.5. The maximum atomic E-state index is 13.0. The van der Waals surface area contributed by atoms with Crippen LogP contribution in [0.3, 0.4) is 0 Å². The lowest BCUT2D eigenvalue weighted by molar-refractivity contribution is -0.0312. The van der Waals surface area contributed by atoms with Gasteiger partial charge in [0.05, 0.1) is 18.9 Å². The Morgan fingerprint density at radius 2 is 2.26 bits per heavy atom. The van der Waals surface area contributed by atoms with Gasteiger partial charge in [-0.2, -0.15) is 4.98 Å². The number of hydrogen-bond donors (Lipinski definition) is 2. The maximum absolute atomic E-state index is 13.0. The Labute approximate surface area is 132 Å². The molecule has 2 fully saturated rings.